The number of carbonyl (C=O) groups excluding carboxylic acids is 2. The van der Waals surface area contributed by atoms with E-state index in [9.17, 15) is 9.59 Å². The van der Waals surface area contributed by atoms with E-state index >= 15 is 0 Å². The number of hydrogen-bond donors (Lipinski definition) is 0. The van der Waals surface area contributed by atoms with E-state index in [4.69, 9.17) is 23.2 Å². The first-order valence-electron chi connectivity index (χ1n) is 4.13. The van der Waals surface area contributed by atoms with Crippen molar-refractivity contribution >= 4 is 49.6 Å². The minimum atomic E-state index is -0.462. The van der Waals surface area contributed by atoms with Gasteiger partial charge in [-0.3, -0.25) is 9.59 Å². The van der Waals surface area contributed by atoms with Crippen LogP contribution in [0, 0.1) is 0 Å². The van der Waals surface area contributed by atoms with Crippen molar-refractivity contribution in [3.8, 4) is 0 Å². The SMILES string of the molecule is O=C(Cl)Cc1ccc(Br)cc1CC(=O)Cl. The smallest absolute Gasteiger partial charge is 0.226 e. The minimum absolute atomic E-state index is 0.0977. The van der Waals surface area contributed by atoms with Gasteiger partial charge in [0.1, 0.15) is 0 Å². The molecule has 0 fully saturated rings. The maximum absolute atomic E-state index is 10.8. The summed E-state index contributed by atoms with van der Waals surface area (Å²) in [5.74, 6) is 0. The Balaban J connectivity index is 3.02. The van der Waals surface area contributed by atoms with Gasteiger partial charge in [0.25, 0.3) is 0 Å². The first-order chi connectivity index (χ1) is 6.99. The zero-order valence-electron chi connectivity index (χ0n) is 7.60. The molecule has 0 spiro atoms. The third-order valence-electron chi connectivity index (χ3n) is 1.83. The minimum Gasteiger partial charge on any atom is -0.281 e. The van der Waals surface area contributed by atoms with Crippen molar-refractivity contribution in [2.75, 3.05) is 0 Å². The molecule has 0 aliphatic rings. The summed E-state index contributed by atoms with van der Waals surface area (Å²) >= 11 is 13.9. The Morgan fingerprint density at radius 3 is 2.13 bits per heavy atom. The van der Waals surface area contributed by atoms with Crippen LogP contribution in [0.15, 0.2) is 22.7 Å². The van der Waals surface area contributed by atoms with Gasteiger partial charge in [0, 0.05) is 17.3 Å². The molecule has 0 aliphatic heterocycles. The first kappa shape index (κ1) is 12.7. The molecule has 0 atom stereocenters. The van der Waals surface area contributed by atoms with Crippen molar-refractivity contribution in [3.63, 3.8) is 0 Å². The molecule has 0 unspecified atom stereocenters. The van der Waals surface area contributed by atoms with Crippen molar-refractivity contribution in [3.05, 3.63) is 33.8 Å². The van der Waals surface area contributed by atoms with Crippen LogP contribution >= 0.6 is 39.1 Å². The van der Waals surface area contributed by atoms with E-state index in [2.05, 4.69) is 15.9 Å². The summed E-state index contributed by atoms with van der Waals surface area (Å²) in [6.45, 7) is 0. The lowest BCUT2D eigenvalue weighted by Crippen LogP contribution is -2.02. The number of halogens is 3. The van der Waals surface area contributed by atoms with Crippen LogP contribution in [0.3, 0.4) is 0 Å². The van der Waals surface area contributed by atoms with Crippen molar-refractivity contribution in [2.24, 2.45) is 0 Å². The summed E-state index contributed by atoms with van der Waals surface area (Å²) in [5.41, 5.74) is 1.45. The lowest BCUT2D eigenvalue weighted by molar-refractivity contribution is -0.112. The molecular weight excluding hydrogens is 303 g/mol. The molecule has 80 valence electrons. The maximum Gasteiger partial charge on any atom is 0.226 e. The van der Waals surface area contributed by atoms with Gasteiger partial charge in [-0.05, 0) is 46.5 Å². The summed E-state index contributed by atoms with van der Waals surface area (Å²) in [7, 11) is 0. The molecule has 1 rings (SSSR count). The molecule has 0 amide bonds. The molecule has 0 bridgehead atoms. The number of rotatable bonds is 4. The third-order valence-corrected chi connectivity index (χ3v) is 2.59. The van der Waals surface area contributed by atoms with Crippen LogP contribution in [0.1, 0.15) is 11.1 Å². The van der Waals surface area contributed by atoms with Gasteiger partial charge in [0.2, 0.25) is 10.5 Å². The molecule has 2 nitrogen and oxygen atoms in total. The Morgan fingerprint density at radius 2 is 1.60 bits per heavy atom. The molecule has 1 aromatic rings. The van der Waals surface area contributed by atoms with E-state index in [0.717, 1.165) is 15.6 Å². The van der Waals surface area contributed by atoms with Crippen LogP contribution in [0.2, 0.25) is 0 Å². The number of carbonyl (C=O) groups is 2. The molecule has 0 saturated heterocycles. The fraction of sp³-hybridized carbons (Fsp3) is 0.200. The van der Waals surface area contributed by atoms with Gasteiger partial charge in [-0.2, -0.15) is 0 Å². The summed E-state index contributed by atoms with van der Waals surface area (Å²) in [6, 6.07) is 5.30. The highest BCUT2D eigenvalue weighted by Gasteiger charge is 2.09. The summed E-state index contributed by atoms with van der Waals surface area (Å²) < 4.78 is 0.834. The van der Waals surface area contributed by atoms with Crippen molar-refractivity contribution in [1.82, 2.24) is 0 Å². The van der Waals surface area contributed by atoms with Gasteiger partial charge >= 0.3 is 0 Å². The molecule has 0 N–H and O–H groups in total. The zero-order valence-corrected chi connectivity index (χ0v) is 10.7. The quantitative estimate of drug-likeness (QED) is 0.801. The monoisotopic (exact) mass is 308 g/mol. The second-order valence-corrected chi connectivity index (χ2v) is 4.74. The van der Waals surface area contributed by atoms with Gasteiger partial charge in [0.15, 0.2) is 0 Å². The fourth-order valence-corrected chi connectivity index (χ4v) is 1.93. The highest BCUT2D eigenvalue weighted by atomic mass is 79.9. The van der Waals surface area contributed by atoms with Gasteiger partial charge < -0.3 is 0 Å². The van der Waals surface area contributed by atoms with Crippen molar-refractivity contribution < 1.29 is 9.59 Å². The van der Waals surface area contributed by atoms with Gasteiger partial charge in [-0.25, -0.2) is 0 Å². The lowest BCUT2D eigenvalue weighted by atomic mass is 10.0. The summed E-state index contributed by atoms with van der Waals surface area (Å²) in [4.78, 5) is 21.6. The second kappa shape index (κ2) is 5.64. The number of benzene rings is 1. The largest absolute Gasteiger partial charge is 0.281 e. The molecule has 5 heteroatoms. The maximum atomic E-state index is 10.8. The van der Waals surface area contributed by atoms with Crippen LogP contribution in [0.25, 0.3) is 0 Å². The van der Waals surface area contributed by atoms with Crippen molar-refractivity contribution in [2.45, 2.75) is 12.8 Å². The van der Waals surface area contributed by atoms with Gasteiger partial charge in [-0.1, -0.05) is 22.0 Å². The van der Waals surface area contributed by atoms with E-state index < -0.39 is 10.5 Å². The Morgan fingerprint density at radius 1 is 1.07 bits per heavy atom. The van der Waals surface area contributed by atoms with E-state index in [1.165, 1.54) is 0 Å². The zero-order chi connectivity index (χ0) is 11.4. The normalized spacial score (nSPS) is 10.1. The Bertz CT molecular complexity index is 404. The first-order valence-corrected chi connectivity index (χ1v) is 5.68. The molecule has 0 radical (unpaired) electrons. The number of hydrogen-bond acceptors (Lipinski definition) is 2. The predicted molar refractivity (Wildman–Crippen MR) is 63.3 cm³/mol. The van der Waals surface area contributed by atoms with Crippen molar-refractivity contribution in [1.29, 1.82) is 0 Å². The van der Waals surface area contributed by atoms with E-state index in [-0.39, 0.29) is 12.8 Å². The fourth-order valence-electron chi connectivity index (χ4n) is 1.23. The van der Waals surface area contributed by atoms with Gasteiger partial charge in [0.05, 0.1) is 0 Å². The highest BCUT2D eigenvalue weighted by molar-refractivity contribution is 9.10. The second-order valence-electron chi connectivity index (χ2n) is 2.98. The van der Waals surface area contributed by atoms with E-state index in [1.807, 2.05) is 0 Å². The topological polar surface area (TPSA) is 34.1 Å². The van der Waals surface area contributed by atoms with E-state index in [1.54, 1.807) is 18.2 Å². The van der Waals surface area contributed by atoms with Gasteiger partial charge in [-0.15, -0.1) is 0 Å². The van der Waals surface area contributed by atoms with Crippen LogP contribution in [-0.4, -0.2) is 10.5 Å². The van der Waals surface area contributed by atoms with Crippen LogP contribution in [0.5, 0.6) is 0 Å². The Hall–Kier alpha value is -0.380. The predicted octanol–water partition coefficient (Wildman–Crippen LogP) is 3.06. The highest BCUT2D eigenvalue weighted by Crippen LogP contribution is 2.19. The Labute approximate surface area is 106 Å². The van der Waals surface area contributed by atoms with Crippen LogP contribution < -0.4 is 0 Å². The Kier molecular flexibility index (Phi) is 4.77. The molecule has 0 heterocycles. The molecule has 15 heavy (non-hydrogen) atoms. The molecular formula is C10H7BrCl2O2. The molecule has 0 saturated carbocycles. The molecule has 0 aromatic heterocycles. The lowest BCUT2D eigenvalue weighted by Gasteiger charge is -2.06. The van der Waals surface area contributed by atoms with Crippen LogP contribution in [-0.2, 0) is 22.4 Å². The average molecular weight is 310 g/mol. The van der Waals surface area contributed by atoms with E-state index in [0.29, 0.717) is 0 Å². The summed E-state index contributed by atoms with van der Waals surface area (Å²) in [6.07, 6.45) is 0.203. The third kappa shape index (κ3) is 4.33. The molecule has 0 aliphatic carbocycles. The van der Waals surface area contributed by atoms with Crippen LogP contribution in [0.4, 0.5) is 0 Å². The summed E-state index contributed by atoms with van der Waals surface area (Å²) in [5, 5.41) is -0.919. The molecule has 1 aromatic carbocycles. The standard InChI is InChI=1S/C10H7BrCl2O2/c11-8-2-1-6(4-9(12)14)7(3-8)5-10(13)15/h1-3H,4-5H2. The average Bonchev–Trinajstić information content (AvgIpc) is 2.08.